The molecule has 0 nitrogen and oxygen atoms in total. The summed E-state index contributed by atoms with van der Waals surface area (Å²) in [5.41, 5.74) is 4.44. The van der Waals surface area contributed by atoms with Crippen LogP contribution in [-0.4, -0.2) is 0 Å². The van der Waals surface area contributed by atoms with Gasteiger partial charge in [-0.3, -0.25) is 0 Å². The maximum atomic E-state index is 3.27. The maximum Gasteiger partial charge on any atom is 0.0240 e. The zero-order valence-corrected chi connectivity index (χ0v) is 12.9. The van der Waals surface area contributed by atoms with E-state index in [0.29, 0.717) is 11.8 Å². The summed E-state index contributed by atoms with van der Waals surface area (Å²) in [6, 6.07) is 6.87. The lowest BCUT2D eigenvalue weighted by Gasteiger charge is -2.24. The molecule has 0 saturated carbocycles. The van der Waals surface area contributed by atoms with E-state index in [4.69, 9.17) is 0 Å². The van der Waals surface area contributed by atoms with Gasteiger partial charge in [-0.15, -0.1) is 5.92 Å². The third-order valence-electron chi connectivity index (χ3n) is 3.72. The molecular weight excluding hydrogens is 216 g/mol. The van der Waals surface area contributed by atoms with Crippen molar-refractivity contribution in [1.82, 2.24) is 0 Å². The molecule has 1 aromatic rings. The molecule has 0 heterocycles. The summed E-state index contributed by atoms with van der Waals surface area (Å²) < 4.78 is 0. The molecule has 18 heavy (non-hydrogen) atoms. The van der Waals surface area contributed by atoms with Gasteiger partial charge in [-0.1, -0.05) is 58.7 Å². The monoisotopic (exact) mass is 242 g/mol. The molecule has 1 aromatic carbocycles. The van der Waals surface area contributed by atoms with E-state index in [1.807, 2.05) is 6.92 Å². The molecule has 0 heteroatoms. The topological polar surface area (TPSA) is 0 Å². The first-order chi connectivity index (χ1) is 8.27. The number of rotatable bonds is 2. The summed E-state index contributed by atoms with van der Waals surface area (Å²) in [6.45, 7) is 15.4. The van der Waals surface area contributed by atoms with E-state index in [1.165, 1.54) is 16.7 Å². The summed E-state index contributed by atoms with van der Waals surface area (Å²) in [7, 11) is 0. The second-order valence-corrected chi connectivity index (χ2v) is 6.30. The van der Waals surface area contributed by atoms with Gasteiger partial charge in [0.25, 0.3) is 0 Å². The van der Waals surface area contributed by atoms with Crippen molar-refractivity contribution in [3.63, 3.8) is 0 Å². The third-order valence-corrected chi connectivity index (χ3v) is 3.72. The van der Waals surface area contributed by atoms with E-state index in [1.54, 1.807) is 0 Å². The van der Waals surface area contributed by atoms with Crippen LogP contribution in [0.5, 0.6) is 0 Å². The number of benzene rings is 1. The van der Waals surface area contributed by atoms with Crippen molar-refractivity contribution in [2.24, 2.45) is 5.92 Å². The van der Waals surface area contributed by atoms with Gasteiger partial charge in [-0.05, 0) is 41.9 Å². The molecule has 98 valence electrons. The van der Waals surface area contributed by atoms with E-state index in [2.05, 4.69) is 71.6 Å². The predicted octanol–water partition coefficient (Wildman–Crippen LogP) is 5.06. The lowest BCUT2D eigenvalue weighted by atomic mass is 9.80. The van der Waals surface area contributed by atoms with Gasteiger partial charge in [0, 0.05) is 5.92 Å². The van der Waals surface area contributed by atoms with Gasteiger partial charge < -0.3 is 0 Å². The maximum absolute atomic E-state index is 3.27. The van der Waals surface area contributed by atoms with Crippen LogP contribution in [0.4, 0.5) is 0 Å². The Hall–Kier alpha value is -1.22. The molecule has 0 amide bonds. The molecule has 0 saturated heterocycles. The molecule has 2 unspecified atom stereocenters. The molecule has 0 aliphatic carbocycles. The van der Waals surface area contributed by atoms with Gasteiger partial charge in [0.15, 0.2) is 0 Å². The third kappa shape index (κ3) is 3.39. The first kappa shape index (κ1) is 14.8. The van der Waals surface area contributed by atoms with Crippen LogP contribution in [0.3, 0.4) is 0 Å². The molecule has 1 rings (SSSR count). The Bertz CT molecular complexity index is 463. The minimum Gasteiger partial charge on any atom is -0.106 e. The molecule has 0 bridgehead atoms. The highest BCUT2D eigenvalue weighted by atomic mass is 14.2. The standard InChI is InChI=1S/C18H26/c1-8-9-13(2)15(4)16-11-10-14(3)17(12-16)18(5,6)7/h10-13,15H,1-7H3. The fourth-order valence-electron chi connectivity index (χ4n) is 2.37. The smallest absolute Gasteiger partial charge is 0.0240 e. The molecule has 0 N–H and O–H groups in total. The summed E-state index contributed by atoms with van der Waals surface area (Å²) >= 11 is 0. The number of hydrogen-bond acceptors (Lipinski definition) is 0. The molecule has 0 spiro atoms. The Morgan fingerprint density at radius 3 is 2.22 bits per heavy atom. The molecule has 0 fully saturated rings. The molecule has 0 aliphatic rings. The van der Waals surface area contributed by atoms with Crippen LogP contribution in [0.15, 0.2) is 18.2 Å². The van der Waals surface area contributed by atoms with Crippen molar-refractivity contribution in [3.05, 3.63) is 34.9 Å². The van der Waals surface area contributed by atoms with Crippen molar-refractivity contribution in [1.29, 1.82) is 0 Å². The zero-order valence-electron chi connectivity index (χ0n) is 12.9. The lowest BCUT2D eigenvalue weighted by molar-refractivity contribution is 0.575. The molecule has 0 radical (unpaired) electrons. The van der Waals surface area contributed by atoms with E-state index >= 15 is 0 Å². The van der Waals surface area contributed by atoms with Gasteiger partial charge >= 0.3 is 0 Å². The van der Waals surface area contributed by atoms with E-state index < -0.39 is 0 Å². The second kappa shape index (κ2) is 5.61. The highest BCUT2D eigenvalue weighted by Gasteiger charge is 2.19. The Labute approximate surface area is 113 Å². The van der Waals surface area contributed by atoms with Crippen molar-refractivity contribution >= 4 is 0 Å². The van der Waals surface area contributed by atoms with E-state index in [9.17, 15) is 0 Å². The highest BCUT2D eigenvalue weighted by molar-refractivity contribution is 5.37. The Kier molecular flexibility index (Phi) is 4.63. The van der Waals surface area contributed by atoms with E-state index in [-0.39, 0.29) is 5.41 Å². The van der Waals surface area contributed by atoms with Crippen LogP contribution in [0.2, 0.25) is 0 Å². The Morgan fingerprint density at radius 2 is 1.72 bits per heavy atom. The summed E-state index contributed by atoms with van der Waals surface area (Å²) in [4.78, 5) is 0. The van der Waals surface area contributed by atoms with E-state index in [0.717, 1.165) is 0 Å². The predicted molar refractivity (Wildman–Crippen MR) is 80.9 cm³/mol. The van der Waals surface area contributed by atoms with Crippen LogP contribution in [-0.2, 0) is 5.41 Å². The fourth-order valence-corrected chi connectivity index (χ4v) is 2.37. The average molecular weight is 242 g/mol. The molecular formula is C18H26. The Morgan fingerprint density at radius 1 is 1.11 bits per heavy atom. The van der Waals surface area contributed by atoms with Crippen LogP contribution in [0, 0.1) is 24.7 Å². The zero-order chi connectivity index (χ0) is 13.9. The quantitative estimate of drug-likeness (QED) is 0.636. The largest absolute Gasteiger partial charge is 0.106 e. The van der Waals surface area contributed by atoms with Crippen LogP contribution >= 0.6 is 0 Å². The molecule has 2 atom stereocenters. The molecule has 0 aromatic heterocycles. The van der Waals surface area contributed by atoms with Crippen molar-refractivity contribution in [2.75, 3.05) is 0 Å². The van der Waals surface area contributed by atoms with Crippen molar-refractivity contribution in [3.8, 4) is 11.8 Å². The minimum absolute atomic E-state index is 0.208. The summed E-state index contributed by atoms with van der Waals surface area (Å²) in [5.74, 6) is 7.18. The molecule has 0 aliphatic heterocycles. The first-order valence-electron chi connectivity index (χ1n) is 6.80. The first-order valence-corrected chi connectivity index (χ1v) is 6.80. The normalized spacial score (nSPS) is 14.6. The van der Waals surface area contributed by atoms with Crippen LogP contribution in [0.1, 0.15) is 64.2 Å². The van der Waals surface area contributed by atoms with Gasteiger partial charge in [0.2, 0.25) is 0 Å². The van der Waals surface area contributed by atoms with Crippen LogP contribution < -0.4 is 0 Å². The van der Waals surface area contributed by atoms with Crippen LogP contribution in [0.25, 0.3) is 0 Å². The number of aryl methyl sites for hydroxylation is 1. The fraction of sp³-hybridized carbons (Fsp3) is 0.556. The van der Waals surface area contributed by atoms with Gasteiger partial charge in [-0.25, -0.2) is 0 Å². The lowest BCUT2D eigenvalue weighted by Crippen LogP contribution is -2.14. The van der Waals surface area contributed by atoms with Gasteiger partial charge in [-0.2, -0.15) is 0 Å². The van der Waals surface area contributed by atoms with Crippen molar-refractivity contribution in [2.45, 2.75) is 59.8 Å². The average Bonchev–Trinajstić information content (AvgIpc) is 2.27. The van der Waals surface area contributed by atoms with Crippen molar-refractivity contribution < 1.29 is 0 Å². The summed E-state index contributed by atoms with van der Waals surface area (Å²) in [5, 5.41) is 0. The van der Waals surface area contributed by atoms with Gasteiger partial charge in [0.1, 0.15) is 0 Å². The Balaban J connectivity index is 3.15. The summed E-state index contributed by atoms with van der Waals surface area (Å²) in [6.07, 6.45) is 0. The number of hydrogen-bond donors (Lipinski definition) is 0. The SMILES string of the molecule is CC#CC(C)C(C)c1ccc(C)c(C(C)(C)C)c1. The minimum atomic E-state index is 0.208. The highest BCUT2D eigenvalue weighted by Crippen LogP contribution is 2.31. The van der Waals surface area contributed by atoms with Gasteiger partial charge in [0.05, 0.1) is 0 Å². The second-order valence-electron chi connectivity index (χ2n) is 6.30.